The van der Waals surface area contributed by atoms with Crippen molar-refractivity contribution >= 4 is 5.69 Å². The van der Waals surface area contributed by atoms with Gasteiger partial charge in [0.15, 0.2) is 0 Å². The minimum atomic E-state index is 0.531. The maximum Gasteiger partial charge on any atom is 0.122 e. The van der Waals surface area contributed by atoms with E-state index in [1.165, 1.54) is 16.7 Å². The molecule has 0 aromatic heterocycles. The molecular formula is C18H23NO. The molecule has 1 N–H and O–H groups in total. The molecule has 2 rings (SSSR count). The number of benzene rings is 2. The zero-order valence-corrected chi connectivity index (χ0v) is 12.7. The van der Waals surface area contributed by atoms with Crippen LogP contribution in [0.4, 0.5) is 5.69 Å². The Morgan fingerprint density at radius 1 is 1.10 bits per heavy atom. The first-order valence-electron chi connectivity index (χ1n) is 7.07. The molecule has 0 aliphatic rings. The first-order chi connectivity index (χ1) is 9.63. The van der Waals surface area contributed by atoms with Crippen LogP contribution in [0.25, 0.3) is 0 Å². The van der Waals surface area contributed by atoms with Crippen LogP contribution < -0.4 is 10.1 Å². The van der Waals surface area contributed by atoms with Gasteiger partial charge in [0.05, 0.1) is 7.11 Å². The quantitative estimate of drug-likeness (QED) is 0.865. The van der Waals surface area contributed by atoms with E-state index in [9.17, 15) is 0 Å². The summed E-state index contributed by atoms with van der Waals surface area (Å²) in [6, 6.07) is 15.0. The topological polar surface area (TPSA) is 21.3 Å². The second-order valence-electron chi connectivity index (χ2n) is 5.35. The van der Waals surface area contributed by atoms with Gasteiger partial charge in [0.2, 0.25) is 0 Å². The highest BCUT2D eigenvalue weighted by molar-refractivity contribution is 5.48. The molecular weight excluding hydrogens is 246 g/mol. The van der Waals surface area contributed by atoms with Crippen molar-refractivity contribution < 1.29 is 4.74 Å². The minimum absolute atomic E-state index is 0.531. The number of anilines is 1. The molecule has 0 fully saturated rings. The fraction of sp³-hybridized carbons (Fsp3) is 0.333. The van der Waals surface area contributed by atoms with Crippen molar-refractivity contribution in [2.24, 2.45) is 0 Å². The molecule has 106 valence electrons. The Bertz CT molecular complexity index is 575. The van der Waals surface area contributed by atoms with Crippen LogP contribution in [-0.4, -0.2) is 14.2 Å². The number of nitrogens with one attached hydrogen (secondary N) is 1. The Labute approximate surface area is 121 Å². The van der Waals surface area contributed by atoms with Gasteiger partial charge in [0.1, 0.15) is 5.75 Å². The SMILES string of the molecule is CNc1cccc(Cc2cc(C(C)C)ccc2OC)c1. The lowest BCUT2D eigenvalue weighted by Crippen LogP contribution is -1.98. The highest BCUT2D eigenvalue weighted by atomic mass is 16.5. The van der Waals surface area contributed by atoms with E-state index < -0.39 is 0 Å². The fourth-order valence-electron chi connectivity index (χ4n) is 2.35. The first-order valence-corrected chi connectivity index (χ1v) is 7.07. The largest absolute Gasteiger partial charge is 0.496 e. The maximum absolute atomic E-state index is 5.49. The van der Waals surface area contributed by atoms with Crippen molar-refractivity contribution in [3.05, 3.63) is 59.2 Å². The van der Waals surface area contributed by atoms with E-state index in [-0.39, 0.29) is 0 Å². The van der Waals surface area contributed by atoms with Crippen molar-refractivity contribution in [3.8, 4) is 5.75 Å². The highest BCUT2D eigenvalue weighted by Gasteiger charge is 2.08. The van der Waals surface area contributed by atoms with Crippen LogP contribution in [0.1, 0.15) is 36.5 Å². The summed E-state index contributed by atoms with van der Waals surface area (Å²) in [5.74, 6) is 1.49. The smallest absolute Gasteiger partial charge is 0.122 e. The van der Waals surface area contributed by atoms with E-state index in [4.69, 9.17) is 4.74 Å². The summed E-state index contributed by atoms with van der Waals surface area (Å²) in [5, 5.41) is 3.18. The molecule has 2 nitrogen and oxygen atoms in total. The molecule has 2 aromatic rings. The lowest BCUT2D eigenvalue weighted by Gasteiger charge is -2.13. The molecule has 0 saturated carbocycles. The number of methoxy groups -OCH3 is 1. The van der Waals surface area contributed by atoms with Crippen molar-refractivity contribution in [1.29, 1.82) is 0 Å². The standard InChI is InChI=1S/C18H23NO/c1-13(2)15-8-9-18(20-4)16(12-15)10-14-6-5-7-17(11-14)19-3/h5-9,11-13,19H,10H2,1-4H3. The Morgan fingerprint density at radius 3 is 2.55 bits per heavy atom. The number of ether oxygens (including phenoxy) is 1. The van der Waals surface area contributed by atoms with Crippen molar-refractivity contribution in [2.75, 3.05) is 19.5 Å². The molecule has 0 saturated heterocycles. The van der Waals surface area contributed by atoms with Crippen LogP contribution in [0.5, 0.6) is 5.75 Å². The van der Waals surface area contributed by atoms with Gasteiger partial charge in [-0.1, -0.05) is 38.1 Å². The van der Waals surface area contributed by atoms with Crippen LogP contribution in [0.3, 0.4) is 0 Å². The summed E-state index contributed by atoms with van der Waals surface area (Å²) >= 11 is 0. The van der Waals surface area contributed by atoms with Gasteiger partial charge in [-0.05, 0) is 40.8 Å². The van der Waals surface area contributed by atoms with Gasteiger partial charge in [0, 0.05) is 19.2 Å². The van der Waals surface area contributed by atoms with E-state index in [0.29, 0.717) is 5.92 Å². The molecule has 2 aromatic carbocycles. The Kier molecular flexibility index (Phi) is 4.67. The van der Waals surface area contributed by atoms with E-state index in [2.05, 4.69) is 61.6 Å². The number of hydrogen-bond acceptors (Lipinski definition) is 2. The second-order valence-corrected chi connectivity index (χ2v) is 5.35. The summed E-state index contributed by atoms with van der Waals surface area (Å²) in [6.07, 6.45) is 0.888. The Morgan fingerprint density at radius 2 is 1.90 bits per heavy atom. The van der Waals surface area contributed by atoms with E-state index in [1.807, 2.05) is 7.05 Å². The lowest BCUT2D eigenvalue weighted by molar-refractivity contribution is 0.410. The molecule has 0 spiro atoms. The summed E-state index contributed by atoms with van der Waals surface area (Å²) in [7, 11) is 3.68. The summed E-state index contributed by atoms with van der Waals surface area (Å²) in [6.45, 7) is 4.43. The second kappa shape index (κ2) is 6.47. The number of rotatable bonds is 5. The summed E-state index contributed by atoms with van der Waals surface area (Å²) in [4.78, 5) is 0. The molecule has 0 amide bonds. The van der Waals surface area contributed by atoms with Crippen LogP contribution in [0.15, 0.2) is 42.5 Å². The van der Waals surface area contributed by atoms with Gasteiger partial charge in [-0.25, -0.2) is 0 Å². The summed E-state index contributed by atoms with van der Waals surface area (Å²) in [5.41, 5.74) is 5.02. The average Bonchev–Trinajstić information content (AvgIpc) is 2.47. The zero-order chi connectivity index (χ0) is 14.5. The van der Waals surface area contributed by atoms with Gasteiger partial charge in [0.25, 0.3) is 0 Å². The molecule has 0 radical (unpaired) electrons. The maximum atomic E-state index is 5.49. The average molecular weight is 269 g/mol. The van der Waals surface area contributed by atoms with E-state index in [0.717, 1.165) is 17.9 Å². The molecule has 0 heterocycles. The number of hydrogen-bond donors (Lipinski definition) is 1. The molecule has 0 unspecified atom stereocenters. The van der Waals surface area contributed by atoms with Crippen molar-refractivity contribution in [2.45, 2.75) is 26.2 Å². The third kappa shape index (κ3) is 3.32. The van der Waals surface area contributed by atoms with E-state index >= 15 is 0 Å². The van der Waals surface area contributed by atoms with Crippen molar-refractivity contribution in [3.63, 3.8) is 0 Å². The molecule has 0 aliphatic carbocycles. The fourth-order valence-corrected chi connectivity index (χ4v) is 2.35. The highest BCUT2D eigenvalue weighted by Crippen LogP contribution is 2.26. The predicted molar refractivity (Wildman–Crippen MR) is 85.9 cm³/mol. The lowest BCUT2D eigenvalue weighted by atomic mass is 9.96. The van der Waals surface area contributed by atoms with Crippen molar-refractivity contribution in [1.82, 2.24) is 0 Å². The van der Waals surface area contributed by atoms with Crippen LogP contribution in [-0.2, 0) is 6.42 Å². The third-order valence-electron chi connectivity index (χ3n) is 3.58. The van der Waals surface area contributed by atoms with Crippen LogP contribution in [0.2, 0.25) is 0 Å². The molecule has 0 atom stereocenters. The van der Waals surface area contributed by atoms with Gasteiger partial charge < -0.3 is 10.1 Å². The summed E-state index contributed by atoms with van der Waals surface area (Å²) < 4.78 is 5.49. The third-order valence-corrected chi connectivity index (χ3v) is 3.58. The normalized spacial score (nSPS) is 10.7. The van der Waals surface area contributed by atoms with Crippen LogP contribution >= 0.6 is 0 Å². The first kappa shape index (κ1) is 14.4. The minimum Gasteiger partial charge on any atom is -0.496 e. The molecule has 20 heavy (non-hydrogen) atoms. The Hall–Kier alpha value is -1.96. The zero-order valence-electron chi connectivity index (χ0n) is 12.7. The van der Waals surface area contributed by atoms with E-state index in [1.54, 1.807) is 7.11 Å². The Balaban J connectivity index is 2.32. The van der Waals surface area contributed by atoms with Gasteiger partial charge in [-0.2, -0.15) is 0 Å². The molecule has 0 bridgehead atoms. The van der Waals surface area contributed by atoms with Gasteiger partial charge >= 0.3 is 0 Å². The monoisotopic (exact) mass is 269 g/mol. The van der Waals surface area contributed by atoms with Crippen LogP contribution in [0, 0.1) is 0 Å². The van der Waals surface area contributed by atoms with Gasteiger partial charge in [-0.15, -0.1) is 0 Å². The molecule has 0 aliphatic heterocycles. The molecule has 2 heteroatoms. The van der Waals surface area contributed by atoms with Gasteiger partial charge in [-0.3, -0.25) is 0 Å². The predicted octanol–water partition coefficient (Wildman–Crippen LogP) is 4.45.